The molecule has 2 rings (SSSR count). The first-order chi connectivity index (χ1) is 11.9. The number of hydrogen-bond donors (Lipinski definition) is 2. The summed E-state index contributed by atoms with van der Waals surface area (Å²) in [5.74, 6) is -0.194. The van der Waals surface area contributed by atoms with Gasteiger partial charge in [-0.15, -0.1) is 0 Å². The zero-order chi connectivity index (χ0) is 18.4. The molecule has 8 heteroatoms. The number of carboxylic acids is 1. The standard InChI is InChI=1S/C17H19N2O5P/c1-18-16(20)12-4-8-14(9-5-12)23-25(3,19-2)24-15-10-6-13(7-11-15)17(21)22/h4-11H,1-3H3,(H,18,20)(H,21,22). The molecule has 25 heavy (non-hydrogen) atoms. The lowest BCUT2D eigenvalue weighted by Gasteiger charge is -2.21. The molecule has 0 aromatic heterocycles. The third-order valence-electron chi connectivity index (χ3n) is 3.36. The second-order valence-corrected chi connectivity index (χ2v) is 7.49. The number of nitrogens with zero attached hydrogens (tertiary/aromatic N) is 1. The molecule has 2 aromatic carbocycles. The third kappa shape index (κ3) is 4.84. The fourth-order valence-corrected chi connectivity index (χ4v) is 3.19. The molecule has 0 spiro atoms. The van der Waals surface area contributed by atoms with Crippen LogP contribution in [0.2, 0.25) is 0 Å². The quantitative estimate of drug-likeness (QED) is 0.767. The van der Waals surface area contributed by atoms with Gasteiger partial charge in [-0.1, -0.05) is 0 Å². The van der Waals surface area contributed by atoms with E-state index in [0.717, 1.165) is 0 Å². The molecular formula is C17H19N2O5P. The van der Waals surface area contributed by atoms with Crippen molar-refractivity contribution in [3.05, 3.63) is 59.7 Å². The number of benzene rings is 2. The molecule has 2 aromatic rings. The van der Waals surface area contributed by atoms with Crippen LogP contribution < -0.4 is 14.4 Å². The molecule has 132 valence electrons. The first kappa shape index (κ1) is 18.5. The molecule has 7 nitrogen and oxygen atoms in total. The molecule has 0 bridgehead atoms. The zero-order valence-corrected chi connectivity index (χ0v) is 15.0. The van der Waals surface area contributed by atoms with Gasteiger partial charge >= 0.3 is 13.5 Å². The molecule has 0 radical (unpaired) electrons. The van der Waals surface area contributed by atoms with E-state index >= 15 is 0 Å². The van der Waals surface area contributed by atoms with E-state index in [1.807, 2.05) is 0 Å². The third-order valence-corrected chi connectivity index (χ3v) is 5.18. The highest BCUT2D eigenvalue weighted by molar-refractivity contribution is 7.56. The smallest absolute Gasteiger partial charge is 0.335 e. The Morgan fingerprint density at radius 3 is 1.76 bits per heavy atom. The van der Waals surface area contributed by atoms with Crippen molar-refractivity contribution in [1.82, 2.24) is 5.32 Å². The molecule has 0 aliphatic rings. The van der Waals surface area contributed by atoms with Gasteiger partial charge in [-0.25, -0.2) is 9.54 Å². The van der Waals surface area contributed by atoms with Crippen LogP contribution in [0, 0.1) is 0 Å². The molecule has 0 fully saturated rings. The second kappa shape index (κ2) is 7.85. The molecule has 0 aliphatic carbocycles. The van der Waals surface area contributed by atoms with E-state index in [-0.39, 0.29) is 11.5 Å². The number of carbonyl (C=O) groups is 2. The largest absolute Gasteiger partial charge is 0.478 e. The maximum absolute atomic E-state index is 11.6. The molecule has 0 saturated heterocycles. The van der Waals surface area contributed by atoms with Crippen LogP contribution in [0.4, 0.5) is 0 Å². The predicted octanol–water partition coefficient (Wildman–Crippen LogP) is 3.49. The normalized spacial score (nSPS) is 12.6. The Morgan fingerprint density at radius 2 is 1.40 bits per heavy atom. The molecule has 0 heterocycles. The van der Waals surface area contributed by atoms with Crippen LogP contribution in [0.25, 0.3) is 0 Å². The minimum absolute atomic E-state index is 0.173. The van der Waals surface area contributed by atoms with Crippen molar-refractivity contribution in [2.45, 2.75) is 0 Å². The van der Waals surface area contributed by atoms with Gasteiger partial charge in [0.15, 0.2) is 0 Å². The zero-order valence-electron chi connectivity index (χ0n) is 14.1. The summed E-state index contributed by atoms with van der Waals surface area (Å²) >= 11 is 0. The minimum atomic E-state index is -2.60. The number of nitrogens with one attached hydrogen (secondary N) is 1. The van der Waals surface area contributed by atoms with Crippen LogP contribution in [0.3, 0.4) is 0 Å². The summed E-state index contributed by atoms with van der Waals surface area (Å²) in [6, 6.07) is 12.7. The van der Waals surface area contributed by atoms with Crippen LogP contribution in [-0.2, 0) is 0 Å². The number of amides is 1. The minimum Gasteiger partial charge on any atom is -0.478 e. The molecule has 0 saturated carbocycles. The van der Waals surface area contributed by atoms with E-state index in [1.165, 1.54) is 12.1 Å². The summed E-state index contributed by atoms with van der Waals surface area (Å²) in [5.41, 5.74) is 0.694. The lowest BCUT2D eigenvalue weighted by molar-refractivity contribution is 0.0696. The van der Waals surface area contributed by atoms with Gasteiger partial charge in [0.25, 0.3) is 5.91 Å². The fraction of sp³-hybridized carbons (Fsp3) is 0.176. The Kier molecular flexibility index (Phi) is 5.83. The van der Waals surface area contributed by atoms with Crippen LogP contribution in [0.5, 0.6) is 11.5 Å². The summed E-state index contributed by atoms with van der Waals surface area (Å²) < 4.78 is 15.9. The number of aromatic carboxylic acids is 1. The summed E-state index contributed by atoms with van der Waals surface area (Å²) in [5, 5.41) is 11.5. The van der Waals surface area contributed by atoms with Crippen molar-refractivity contribution < 1.29 is 23.7 Å². The van der Waals surface area contributed by atoms with Crippen LogP contribution in [0.1, 0.15) is 20.7 Å². The lowest BCUT2D eigenvalue weighted by atomic mass is 10.2. The second-order valence-electron chi connectivity index (χ2n) is 5.12. The highest BCUT2D eigenvalue weighted by atomic mass is 31.2. The average molecular weight is 362 g/mol. The molecule has 0 aliphatic heterocycles. The summed E-state index contributed by atoms with van der Waals surface area (Å²) in [4.78, 5) is 22.4. The first-order valence-corrected chi connectivity index (χ1v) is 9.42. The van der Waals surface area contributed by atoms with E-state index in [4.69, 9.17) is 14.2 Å². The van der Waals surface area contributed by atoms with Gasteiger partial charge in [0.05, 0.1) is 5.56 Å². The maximum Gasteiger partial charge on any atom is 0.335 e. The fourth-order valence-electron chi connectivity index (χ4n) is 1.96. The van der Waals surface area contributed by atoms with E-state index in [2.05, 4.69) is 10.1 Å². The van der Waals surface area contributed by atoms with Gasteiger partial charge in [-0.05, 0) is 48.5 Å². The van der Waals surface area contributed by atoms with Crippen LogP contribution >= 0.6 is 7.51 Å². The first-order valence-electron chi connectivity index (χ1n) is 7.39. The van der Waals surface area contributed by atoms with E-state index in [0.29, 0.717) is 17.1 Å². The number of carboxylic acid groups (broad SMARTS) is 1. The number of hydrogen-bond acceptors (Lipinski definition) is 5. The van der Waals surface area contributed by atoms with E-state index < -0.39 is 13.5 Å². The van der Waals surface area contributed by atoms with Crippen molar-refractivity contribution in [2.24, 2.45) is 4.74 Å². The van der Waals surface area contributed by atoms with E-state index in [9.17, 15) is 9.59 Å². The maximum atomic E-state index is 11.6. The Morgan fingerprint density at radius 1 is 0.960 bits per heavy atom. The van der Waals surface area contributed by atoms with E-state index in [1.54, 1.807) is 57.2 Å². The van der Waals surface area contributed by atoms with Crippen molar-refractivity contribution in [1.29, 1.82) is 0 Å². The van der Waals surface area contributed by atoms with Crippen molar-refractivity contribution >= 4 is 19.4 Å². The number of rotatable bonds is 6. The van der Waals surface area contributed by atoms with Gasteiger partial charge in [0.1, 0.15) is 11.5 Å². The molecular weight excluding hydrogens is 343 g/mol. The van der Waals surface area contributed by atoms with Crippen LogP contribution in [-0.4, -0.2) is 37.7 Å². The van der Waals surface area contributed by atoms with Crippen molar-refractivity contribution in [3.63, 3.8) is 0 Å². The summed E-state index contributed by atoms with van der Waals surface area (Å²) in [6.07, 6.45) is 0. The highest BCUT2D eigenvalue weighted by Crippen LogP contribution is 2.47. The topological polar surface area (TPSA) is 97.2 Å². The Labute approximate surface area is 145 Å². The van der Waals surface area contributed by atoms with Crippen LogP contribution in [0.15, 0.2) is 53.3 Å². The SMILES string of the molecule is CN=P(C)(Oc1ccc(C(=O)O)cc1)Oc1ccc(C(=O)NC)cc1. The molecule has 2 N–H and O–H groups in total. The van der Waals surface area contributed by atoms with Gasteiger partial charge in [-0.2, -0.15) is 0 Å². The van der Waals surface area contributed by atoms with Gasteiger partial charge in [-0.3, -0.25) is 4.79 Å². The van der Waals surface area contributed by atoms with Gasteiger partial charge < -0.3 is 19.5 Å². The lowest BCUT2D eigenvalue weighted by Crippen LogP contribution is -2.17. The number of carbonyl (C=O) groups excluding carboxylic acids is 1. The monoisotopic (exact) mass is 362 g/mol. The van der Waals surface area contributed by atoms with Gasteiger partial charge in [0.2, 0.25) is 0 Å². The Bertz CT molecular complexity index is 816. The summed E-state index contributed by atoms with van der Waals surface area (Å²) in [7, 11) is 0.558. The highest BCUT2D eigenvalue weighted by Gasteiger charge is 2.18. The Balaban J connectivity index is 2.14. The predicted molar refractivity (Wildman–Crippen MR) is 95.7 cm³/mol. The van der Waals surface area contributed by atoms with Crippen molar-refractivity contribution in [3.8, 4) is 11.5 Å². The Hall–Kier alpha value is -2.79. The summed E-state index contributed by atoms with van der Waals surface area (Å²) in [6.45, 7) is 1.74. The molecule has 1 atom stereocenters. The molecule has 1 unspecified atom stereocenters. The molecule has 1 amide bonds. The average Bonchev–Trinajstić information content (AvgIpc) is 2.62. The van der Waals surface area contributed by atoms with Crippen molar-refractivity contribution in [2.75, 3.05) is 20.8 Å². The van der Waals surface area contributed by atoms with Gasteiger partial charge in [0, 0.05) is 26.3 Å².